The molecule has 2 aromatic carbocycles. The fraction of sp³-hybridized carbons (Fsp3) is 0.286. The molecule has 0 radical (unpaired) electrons. The lowest BCUT2D eigenvalue weighted by molar-refractivity contribution is 0.373. The van der Waals surface area contributed by atoms with Crippen molar-refractivity contribution in [1.82, 2.24) is 0 Å². The summed E-state index contributed by atoms with van der Waals surface area (Å²) in [5.74, 6) is 1.00. The molecule has 0 atom stereocenters. The van der Waals surface area contributed by atoms with Crippen LogP contribution in [0.4, 0.5) is 4.39 Å². The van der Waals surface area contributed by atoms with Crippen LogP contribution in [0.3, 0.4) is 0 Å². The quantitative estimate of drug-likeness (QED) is 0.684. The van der Waals surface area contributed by atoms with Gasteiger partial charge >= 0.3 is 0 Å². The standard InChI is InChI=1S/C21H20FN/c22-14-13-16-1-5-18(6-2-16)20-9-11-21(12-10-20)19-7-3-17(15-23)4-8-19/h3-4,7-14,16,18H,1-2,5-6H2/b14-13+. The van der Waals surface area contributed by atoms with Crippen LogP contribution in [0, 0.1) is 17.2 Å². The zero-order valence-electron chi connectivity index (χ0n) is 13.1. The van der Waals surface area contributed by atoms with Gasteiger partial charge in [-0.25, -0.2) is 4.39 Å². The highest BCUT2D eigenvalue weighted by atomic mass is 19.1. The Labute approximate surface area is 137 Å². The predicted octanol–water partition coefficient (Wildman–Crippen LogP) is 5.98. The van der Waals surface area contributed by atoms with Crippen molar-refractivity contribution < 1.29 is 4.39 Å². The summed E-state index contributed by atoms with van der Waals surface area (Å²) < 4.78 is 12.3. The van der Waals surface area contributed by atoms with Crippen LogP contribution in [0.25, 0.3) is 11.1 Å². The van der Waals surface area contributed by atoms with Gasteiger partial charge in [-0.05, 0) is 66.3 Å². The third kappa shape index (κ3) is 3.68. The summed E-state index contributed by atoms with van der Waals surface area (Å²) in [5.41, 5.74) is 4.37. The van der Waals surface area contributed by atoms with E-state index in [1.165, 1.54) is 11.1 Å². The zero-order valence-corrected chi connectivity index (χ0v) is 13.1. The molecule has 0 aromatic heterocycles. The highest BCUT2D eigenvalue weighted by Gasteiger charge is 2.20. The first-order chi connectivity index (χ1) is 11.3. The average Bonchev–Trinajstić information content (AvgIpc) is 2.63. The van der Waals surface area contributed by atoms with Gasteiger partial charge in [-0.2, -0.15) is 5.26 Å². The van der Waals surface area contributed by atoms with Crippen molar-refractivity contribution in [3.63, 3.8) is 0 Å². The van der Waals surface area contributed by atoms with Gasteiger partial charge in [0.05, 0.1) is 18.0 Å². The lowest BCUT2D eigenvalue weighted by atomic mass is 9.78. The van der Waals surface area contributed by atoms with Crippen molar-refractivity contribution in [2.75, 3.05) is 0 Å². The number of nitrogens with zero attached hydrogens (tertiary/aromatic N) is 1. The topological polar surface area (TPSA) is 23.8 Å². The molecular formula is C21H20FN. The Kier molecular flexibility index (Phi) is 4.88. The molecule has 0 spiro atoms. The van der Waals surface area contributed by atoms with Gasteiger partial charge in [-0.15, -0.1) is 0 Å². The molecule has 0 bridgehead atoms. The summed E-state index contributed by atoms with van der Waals surface area (Å²) in [7, 11) is 0. The summed E-state index contributed by atoms with van der Waals surface area (Å²) in [4.78, 5) is 0. The molecular weight excluding hydrogens is 285 g/mol. The number of allylic oxidation sites excluding steroid dienone is 1. The zero-order chi connectivity index (χ0) is 16.1. The number of benzene rings is 2. The maximum atomic E-state index is 12.3. The van der Waals surface area contributed by atoms with Crippen molar-refractivity contribution in [1.29, 1.82) is 5.26 Å². The monoisotopic (exact) mass is 305 g/mol. The molecule has 2 heteroatoms. The summed E-state index contributed by atoms with van der Waals surface area (Å²) in [6.07, 6.45) is 6.79. The van der Waals surface area contributed by atoms with Crippen LogP contribution < -0.4 is 0 Å². The van der Waals surface area contributed by atoms with Crippen LogP contribution >= 0.6 is 0 Å². The molecule has 1 saturated carbocycles. The van der Waals surface area contributed by atoms with Gasteiger partial charge in [0, 0.05) is 0 Å². The molecule has 0 aliphatic heterocycles. The van der Waals surface area contributed by atoms with Crippen molar-refractivity contribution in [3.05, 3.63) is 72.1 Å². The smallest absolute Gasteiger partial charge is 0.0991 e. The lowest BCUT2D eigenvalue weighted by Gasteiger charge is -2.27. The summed E-state index contributed by atoms with van der Waals surface area (Å²) in [6.45, 7) is 0. The predicted molar refractivity (Wildman–Crippen MR) is 91.5 cm³/mol. The van der Waals surface area contributed by atoms with Crippen LogP contribution in [0.2, 0.25) is 0 Å². The SMILES string of the molecule is N#Cc1ccc(-c2ccc(C3CCC(/C=C/F)CC3)cc2)cc1. The minimum absolute atomic E-state index is 0.411. The Balaban J connectivity index is 1.69. The van der Waals surface area contributed by atoms with Gasteiger partial charge in [-0.3, -0.25) is 0 Å². The van der Waals surface area contributed by atoms with E-state index in [9.17, 15) is 4.39 Å². The molecule has 0 N–H and O–H groups in total. The first-order valence-corrected chi connectivity index (χ1v) is 8.17. The fourth-order valence-corrected chi connectivity index (χ4v) is 3.43. The number of hydrogen-bond acceptors (Lipinski definition) is 1. The Bertz CT molecular complexity index is 699. The highest BCUT2D eigenvalue weighted by Crippen LogP contribution is 2.36. The molecule has 0 unspecified atom stereocenters. The molecule has 1 fully saturated rings. The Morgan fingerprint density at radius 2 is 1.43 bits per heavy atom. The first kappa shape index (κ1) is 15.5. The number of hydrogen-bond donors (Lipinski definition) is 0. The van der Waals surface area contributed by atoms with E-state index in [-0.39, 0.29) is 0 Å². The van der Waals surface area contributed by atoms with Crippen LogP contribution in [-0.2, 0) is 0 Å². The van der Waals surface area contributed by atoms with Crippen molar-refractivity contribution in [2.45, 2.75) is 31.6 Å². The van der Waals surface area contributed by atoms with Crippen LogP contribution in [-0.4, -0.2) is 0 Å². The van der Waals surface area contributed by atoms with Gasteiger partial charge < -0.3 is 0 Å². The van der Waals surface area contributed by atoms with E-state index in [0.717, 1.165) is 31.2 Å². The van der Waals surface area contributed by atoms with Gasteiger partial charge in [0.25, 0.3) is 0 Å². The van der Waals surface area contributed by atoms with Crippen molar-refractivity contribution in [3.8, 4) is 17.2 Å². The molecule has 0 saturated heterocycles. The molecule has 3 rings (SSSR count). The van der Waals surface area contributed by atoms with E-state index in [4.69, 9.17) is 5.26 Å². The summed E-state index contributed by atoms with van der Waals surface area (Å²) in [6, 6.07) is 18.6. The minimum atomic E-state index is 0.411. The average molecular weight is 305 g/mol. The Morgan fingerprint density at radius 3 is 1.96 bits per heavy atom. The Hall–Kier alpha value is -2.40. The molecule has 116 valence electrons. The van der Waals surface area contributed by atoms with Crippen LogP contribution in [0.15, 0.2) is 60.9 Å². The van der Waals surface area contributed by atoms with Crippen molar-refractivity contribution in [2.24, 2.45) is 5.92 Å². The number of halogens is 1. The number of nitriles is 1. The summed E-state index contributed by atoms with van der Waals surface area (Å²) in [5, 5.41) is 8.86. The molecule has 2 aromatic rings. The van der Waals surface area contributed by atoms with Crippen LogP contribution in [0.5, 0.6) is 0 Å². The van der Waals surface area contributed by atoms with E-state index in [1.807, 2.05) is 24.3 Å². The largest absolute Gasteiger partial charge is 0.216 e. The third-order valence-corrected chi connectivity index (χ3v) is 4.85. The molecule has 1 aliphatic carbocycles. The molecule has 0 amide bonds. The molecule has 1 nitrogen and oxygen atoms in total. The second-order valence-electron chi connectivity index (χ2n) is 6.24. The maximum Gasteiger partial charge on any atom is 0.0991 e. The van der Waals surface area contributed by atoms with E-state index in [1.54, 1.807) is 6.08 Å². The van der Waals surface area contributed by atoms with Crippen LogP contribution in [0.1, 0.15) is 42.7 Å². The third-order valence-electron chi connectivity index (χ3n) is 4.85. The van der Waals surface area contributed by atoms with E-state index >= 15 is 0 Å². The minimum Gasteiger partial charge on any atom is -0.216 e. The summed E-state index contributed by atoms with van der Waals surface area (Å²) >= 11 is 0. The second kappa shape index (κ2) is 7.24. The first-order valence-electron chi connectivity index (χ1n) is 8.17. The molecule has 1 aliphatic rings. The maximum absolute atomic E-state index is 12.3. The van der Waals surface area contributed by atoms with E-state index < -0.39 is 0 Å². The van der Waals surface area contributed by atoms with E-state index in [0.29, 0.717) is 23.7 Å². The van der Waals surface area contributed by atoms with Gasteiger partial charge in [-0.1, -0.05) is 42.5 Å². The Morgan fingerprint density at radius 1 is 0.870 bits per heavy atom. The molecule has 0 heterocycles. The lowest BCUT2D eigenvalue weighted by Crippen LogP contribution is -2.11. The second-order valence-corrected chi connectivity index (χ2v) is 6.24. The van der Waals surface area contributed by atoms with Gasteiger partial charge in [0.15, 0.2) is 0 Å². The normalized spacial score (nSPS) is 21.2. The fourth-order valence-electron chi connectivity index (χ4n) is 3.43. The van der Waals surface area contributed by atoms with Gasteiger partial charge in [0.2, 0.25) is 0 Å². The highest BCUT2D eigenvalue weighted by molar-refractivity contribution is 5.64. The number of rotatable bonds is 3. The van der Waals surface area contributed by atoms with E-state index in [2.05, 4.69) is 30.3 Å². The molecule has 23 heavy (non-hydrogen) atoms. The van der Waals surface area contributed by atoms with Crippen molar-refractivity contribution >= 4 is 0 Å². The van der Waals surface area contributed by atoms with Gasteiger partial charge in [0.1, 0.15) is 0 Å².